The molecule has 2 aliphatic rings. The van der Waals surface area contributed by atoms with Crippen LogP contribution in [0.25, 0.3) is 0 Å². The van der Waals surface area contributed by atoms with Crippen molar-refractivity contribution in [1.29, 1.82) is 0 Å². The highest BCUT2D eigenvalue weighted by atomic mass is 35.5. The largest absolute Gasteiger partial charge is 0.322 e. The van der Waals surface area contributed by atoms with Gasteiger partial charge in [0.2, 0.25) is 0 Å². The molecule has 172 valence electrons. The molecule has 1 aromatic heterocycles. The summed E-state index contributed by atoms with van der Waals surface area (Å²) in [6.07, 6.45) is 8.14. The first-order valence-corrected chi connectivity index (χ1v) is 12.4. The van der Waals surface area contributed by atoms with Crippen molar-refractivity contribution in [1.82, 2.24) is 9.88 Å². The Morgan fingerprint density at radius 2 is 1.76 bits per heavy atom. The fourth-order valence-electron chi connectivity index (χ4n) is 5.17. The van der Waals surface area contributed by atoms with Crippen LogP contribution in [0.2, 0.25) is 10.0 Å². The summed E-state index contributed by atoms with van der Waals surface area (Å²) in [5.74, 6) is 0.450. The number of aromatic nitrogens is 1. The third kappa shape index (κ3) is 4.55. The number of likely N-dealkylation sites (tertiary alicyclic amines) is 1. The summed E-state index contributed by atoms with van der Waals surface area (Å²) < 4.78 is 0. The number of halogens is 2. The maximum Gasteiger partial charge on any atom is 0.250 e. The predicted molar refractivity (Wildman–Crippen MR) is 138 cm³/mol. The number of amides is 1. The molecule has 5 rings (SSSR count). The minimum Gasteiger partial charge on any atom is -0.322 e. The smallest absolute Gasteiger partial charge is 0.250 e. The van der Waals surface area contributed by atoms with E-state index >= 15 is 0 Å². The molecule has 1 aliphatic carbocycles. The fraction of sp³-hybridized carbons (Fsp3) is 0.241. The molecular formula is C29H26Cl2N2O. The zero-order valence-corrected chi connectivity index (χ0v) is 20.3. The molecule has 0 radical (unpaired) electrons. The lowest BCUT2D eigenvalue weighted by molar-refractivity contribution is -0.136. The Bertz CT molecular complexity index is 1220. The third-order valence-corrected chi connectivity index (χ3v) is 7.28. The van der Waals surface area contributed by atoms with Crippen molar-refractivity contribution in [3.8, 4) is 0 Å². The molecule has 34 heavy (non-hydrogen) atoms. The van der Waals surface area contributed by atoms with E-state index in [0.29, 0.717) is 22.4 Å². The Hall–Kier alpha value is -2.88. The first-order valence-electron chi connectivity index (χ1n) is 11.6. The van der Waals surface area contributed by atoms with Gasteiger partial charge in [0.25, 0.3) is 5.91 Å². The number of piperidine rings is 1. The van der Waals surface area contributed by atoms with E-state index in [1.807, 2.05) is 72.9 Å². The van der Waals surface area contributed by atoms with Crippen molar-refractivity contribution < 1.29 is 4.79 Å². The van der Waals surface area contributed by atoms with Crippen molar-refractivity contribution in [2.24, 2.45) is 5.92 Å². The van der Waals surface area contributed by atoms with Crippen LogP contribution >= 0.6 is 23.2 Å². The lowest BCUT2D eigenvalue weighted by atomic mass is 9.76. The summed E-state index contributed by atoms with van der Waals surface area (Å²) in [6.45, 7) is 3.87. The number of allylic oxidation sites excluding steroid dienone is 2. The second-order valence-electron chi connectivity index (χ2n) is 9.04. The van der Waals surface area contributed by atoms with Crippen molar-refractivity contribution in [2.75, 3.05) is 0 Å². The Balaban J connectivity index is 1.72. The zero-order valence-electron chi connectivity index (χ0n) is 18.8. The van der Waals surface area contributed by atoms with E-state index in [1.54, 1.807) is 6.08 Å². The molecule has 3 atom stereocenters. The van der Waals surface area contributed by atoms with E-state index in [9.17, 15) is 4.79 Å². The lowest BCUT2D eigenvalue weighted by Gasteiger charge is -2.46. The summed E-state index contributed by atoms with van der Waals surface area (Å²) >= 11 is 12.7. The zero-order chi connectivity index (χ0) is 23.7. The molecule has 2 heterocycles. The van der Waals surface area contributed by atoms with Gasteiger partial charge in [0.15, 0.2) is 0 Å². The van der Waals surface area contributed by atoms with Crippen LogP contribution < -0.4 is 0 Å². The summed E-state index contributed by atoms with van der Waals surface area (Å²) in [4.78, 5) is 20.9. The van der Waals surface area contributed by atoms with Gasteiger partial charge in [-0.2, -0.15) is 0 Å². The number of benzene rings is 2. The highest BCUT2D eigenvalue weighted by molar-refractivity contribution is 6.30. The quantitative estimate of drug-likeness (QED) is 0.332. The average Bonchev–Trinajstić information content (AvgIpc) is 3.68. The van der Waals surface area contributed by atoms with Gasteiger partial charge < -0.3 is 4.90 Å². The molecular weight excluding hydrogens is 463 g/mol. The first kappa shape index (κ1) is 22.9. The van der Waals surface area contributed by atoms with Gasteiger partial charge in [-0.25, -0.2) is 0 Å². The van der Waals surface area contributed by atoms with Gasteiger partial charge in [-0.3, -0.25) is 9.78 Å². The molecule has 0 N–H and O–H groups in total. The molecule has 1 amide bonds. The van der Waals surface area contributed by atoms with E-state index in [1.165, 1.54) is 0 Å². The monoisotopic (exact) mass is 488 g/mol. The Morgan fingerprint density at radius 3 is 2.41 bits per heavy atom. The van der Waals surface area contributed by atoms with E-state index in [0.717, 1.165) is 35.2 Å². The van der Waals surface area contributed by atoms with Crippen LogP contribution in [0.4, 0.5) is 0 Å². The standard InChI is InChI=1S/C29H26Cl2N2O/c1-2-6-22-18-25(21-7-5-8-24(31)17-21)27(19-12-14-23(30)15-13-19)33(29(22)34)28(20-10-11-20)26-9-3-4-16-32-26/h2-9,12-17,20,25,27-28H,1,10-11,18H2/b22-6+/t25-,27?,28+/m1/s1. The van der Waals surface area contributed by atoms with E-state index in [4.69, 9.17) is 28.2 Å². The predicted octanol–water partition coefficient (Wildman–Crippen LogP) is 7.71. The van der Waals surface area contributed by atoms with Gasteiger partial charge >= 0.3 is 0 Å². The Labute approximate surface area is 210 Å². The summed E-state index contributed by atoms with van der Waals surface area (Å²) in [5.41, 5.74) is 3.85. The molecule has 1 aliphatic heterocycles. The summed E-state index contributed by atoms with van der Waals surface area (Å²) in [6, 6.07) is 21.5. The maximum atomic E-state index is 14.1. The van der Waals surface area contributed by atoms with Gasteiger partial charge in [0.1, 0.15) is 0 Å². The maximum absolute atomic E-state index is 14.1. The van der Waals surface area contributed by atoms with Crippen LogP contribution in [0.3, 0.4) is 0 Å². The number of hydrogen-bond donors (Lipinski definition) is 0. The molecule has 1 saturated heterocycles. The number of hydrogen-bond acceptors (Lipinski definition) is 2. The summed E-state index contributed by atoms with van der Waals surface area (Å²) in [5, 5.41) is 1.36. The van der Waals surface area contributed by atoms with Crippen LogP contribution in [-0.4, -0.2) is 15.8 Å². The minimum atomic E-state index is -0.183. The van der Waals surface area contributed by atoms with E-state index in [2.05, 4.69) is 17.5 Å². The second-order valence-corrected chi connectivity index (χ2v) is 9.91. The normalized spacial score (nSPS) is 22.6. The molecule has 2 aromatic carbocycles. The van der Waals surface area contributed by atoms with Gasteiger partial charge in [-0.15, -0.1) is 0 Å². The van der Waals surface area contributed by atoms with Crippen LogP contribution in [0.1, 0.15) is 54.1 Å². The number of carbonyl (C=O) groups is 1. The van der Waals surface area contributed by atoms with Gasteiger partial charge in [-0.05, 0) is 72.7 Å². The number of nitrogens with zero attached hydrogens (tertiary/aromatic N) is 2. The Morgan fingerprint density at radius 1 is 0.971 bits per heavy atom. The first-order chi connectivity index (χ1) is 16.6. The molecule has 3 aromatic rings. The Kier molecular flexibility index (Phi) is 6.58. The van der Waals surface area contributed by atoms with Crippen LogP contribution in [-0.2, 0) is 4.79 Å². The van der Waals surface area contributed by atoms with Gasteiger partial charge in [0, 0.05) is 27.7 Å². The van der Waals surface area contributed by atoms with Crippen molar-refractivity contribution in [3.63, 3.8) is 0 Å². The fourth-order valence-corrected chi connectivity index (χ4v) is 5.49. The molecule has 3 nitrogen and oxygen atoms in total. The number of carbonyl (C=O) groups excluding carboxylic acids is 1. The number of rotatable bonds is 6. The molecule has 0 bridgehead atoms. The highest BCUT2D eigenvalue weighted by Crippen LogP contribution is 2.53. The lowest BCUT2D eigenvalue weighted by Crippen LogP contribution is -2.46. The van der Waals surface area contributed by atoms with Gasteiger partial charge in [0.05, 0.1) is 17.8 Å². The molecule has 1 saturated carbocycles. The van der Waals surface area contributed by atoms with Crippen molar-refractivity contribution >= 4 is 29.1 Å². The SMILES string of the molecule is C=C/C=C1\C[C@H](c2cccc(Cl)c2)C(c2ccc(Cl)cc2)N([C@H](c2ccccn2)C2CC2)C1=O. The van der Waals surface area contributed by atoms with E-state index in [-0.39, 0.29) is 23.9 Å². The van der Waals surface area contributed by atoms with E-state index < -0.39 is 0 Å². The average molecular weight is 489 g/mol. The molecule has 2 fully saturated rings. The van der Waals surface area contributed by atoms with Crippen molar-refractivity contribution in [3.05, 3.63) is 124 Å². The molecule has 1 unspecified atom stereocenters. The van der Waals surface area contributed by atoms with Crippen LogP contribution in [0.5, 0.6) is 0 Å². The summed E-state index contributed by atoms with van der Waals surface area (Å²) in [7, 11) is 0. The van der Waals surface area contributed by atoms with Crippen LogP contribution in [0, 0.1) is 5.92 Å². The third-order valence-electron chi connectivity index (χ3n) is 6.80. The molecule has 5 heteroatoms. The number of pyridine rings is 1. The molecule has 0 spiro atoms. The second kappa shape index (κ2) is 9.77. The topological polar surface area (TPSA) is 33.2 Å². The van der Waals surface area contributed by atoms with Gasteiger partial charge in [-0.1, -0.05) is 72.3 Å². The minimum absolute atomic E-state index is 0.0220. The van der Waals surface area contributed by atoms with Crippen LogP contribution in [0.15, 0.2) is 97.2 Å². The highest BCUT2D eigenvalue weighted by Gasteiger charge is 2.48. The van der Waals surface area contributed by atoms with Crippen molar-refractivity contribution in [2.45, 2.75) is 37.3 Å².